The molecular weight excluding hydrogens is 310 g/mol. The molecule has 0 unspecified atom stereocenters. The summed E-state index contributed by atoms with van der Waals surface area (Å²) in [6.45, 7) is 6.65. The summed E-state index contributed by atoms with van der Waals surface area (Å²) in [7, 11) is -3.46. The Hall–Kier alpha value is -1.92. The van der Waals surface area contributed by atoms with Gasteiger partial charge in [0, 0.05) is 25.0 Å². The first-order valence-electron chi connectivity index (χ1n) is 7.83. The lowest BCUT2D eigenvalue weighted by Gasteiger charge is -2.18. The van der Waals surface area contributed by atoms with Gasteiger partial charge in [-0.15, -0.1) is 0 Å². The normalized spacial score (nSPS) is 11.7. The number of nitrogens with one attached hydrogen (secondary N) is 1. The van der Waals surface area contributed by atoms with Crippen molar-refractivity contribution in [2.75, 3.05) is 18.4 Å². The molecule has 6 heteroatoms. The molecule has 0 saturated heterocycles. The third kappa shape index (κ3) is 4.09. The fourth-order valence-electron chi connectivity index (χ4n) is 2.29. The number of pyridine rings is 1. The molecule has 5 nitrogen and oxygen atoms in total. The van der Waals surface area contributed by atoms with Gasteiger partial charge in [0.05, 0.1) is 0 Å². The maximum absolute atomic E-state index is 12.4. The molecule has 1 heterocycles. The van der Waals surface area contributed by atoms with Crippen LogP contribution in [0.5, 0.6) is 0 Å². The largest absolute Gasteiger partial charge is 0.340 e. The van der Waals surface area contributed by atoms with Crippen LogP contribution in [0.2, 0.25) is 0 Å². The molecule has 2 rings (SSSR count). The van der Waals surface area contributed by atoms with Crippen LogP contribution in [0.4, 0.5) is 11.5 Å². The van der Waals surface area contributed by atoms with E-state index in [9.17, 15) is 8.42 Å². The number of rotatable bonds is 7. The van der Waals surface area contributed by atoms with Crippen LogP contribution in [0, 0.1) is 0 Å². The molecule has 23 heavy (non-hydrogen) atoms. The Morgan fingerprint density at radius 1 is 1.00 bits per heavy atom. The number of hydrogen-bond acceptors (Lipinski definition) is 4. The number of aromatic nitrogens is 1. The van der Waals surface area contributed by atoms with Crippen molar-refractivity contribution in [1.82, 2.24) is 9.29 Å². The second-order valence-electron chi connectivity index (χ2n) is 5.14. The van der Waals surface area contributed by atoms with E-state index in [1.807, 2.05) is 26.0 Å². The lowest BCUT2D eigenvalue weighted by Crippen LogP contribution is -2.30. The molecule has 0 aliphatic heterocycles. The summed E-state index contributed by atoms with van der Waals surface area (Å²) in [5.74, 6) is 0.618. The van der Waals surface area contributed by atoms with E-state index < -0.39 is 10.0 Å². The smallest absolute Gasteiger partial charge is 0.244 e. The lowest BCUT2D eigenvalue weighted by atomic mass is 10.1. The topological polar surface area (TPSA) is 62.3 Å². The first kappa shape index (κ1) is 17.4. The monoisotopic (exact) mass is 333 g/mol. The van der Waals surface area contributed by atoms with Crippen LogP contribution < -0.4 is 5.32 Å². The van der Waals surface area contributed by atoms with Crippen LogP contribution in [0.25, 0.3) is 0 Å². The molecule has 0 spiro atoms. The van der Waals surface area contributed by atoms with Gasteiger partial charge in [-0.3, -0.25) is 0 Å². The van der Waals surface area contributed by atoms with Crippen LogP contribution in [-0.2, 0) is 16.4 Å². The zero-order valence-corrected chi connectivity index (χ0v) is 14.6. The molecule has 2 aromatic rings. The minimum absolute atomic E-state index is 0.216. The van der Waals surface area contributed by atoms with E-state index >= 15 is 0 Å². The summed E-state index contributed by atoms with van der Waals surface area (Å²) in [6, 6.07) is 11.4. The van der Waals surface area contributed by atoms with Gasteiger partial charge in [-0.1, -0.05) is 32.9 Å². The second kappa shape index (κ2) is 7.57. The predicted octanol–water partition coefficient (Wildman–Crippen LogP) is 3.42. The molecule has 0 radical (unpaired) electrons. The van der Waals surface area contributed by atoms with Crippen molar-refractivity contribution in [3.63, 3.8) is 0 Å². The van der Waals surface area contributed by atoms with Crippen molar-refractivity contribution in [1.29, 1.82) is 0 Å². The number of anilines is 2. The van der Waals surface area contributed by atoms with E-state index in [0.29, 0.717) is 18.9 Å². The van der Waals surface area contributed by atoms with Gasteiger partial charge in [-0.25, -0.2) is 13.4 Å². The lowest BCUT2D eigenvalue weighted by molar-refractivity contribution is 0.445. The Bertz CT molecular complexity index is 721. The molecule has 0 aliphatic rings. The number of hydrogen-bond donors (Lipinski definition) is 1. The molecular formula is C17H23N3O2S. The fraction of sp³-hybridized carbons (Fsp3) is 0.353. The summed E-state index contributed by atoms with van der Waals surface area (Å²) >= 11 is 0. The van der Waals surface area contributed by atoms with Gasteiger partial charge in [0.1, 0.15) is 10.7 Å². The van der Waals surface area contributed by atoms with Crippen LogP contribution >= 0.6 is 0 Å². The molecule has 0 saturated carbocycles. The van der Waals surface area contributed by atoms with E-state index in [4.69, 9.17) is 0 Å². The summed E-state index contributed by atoms with van der Waals surface area (Å²) in [5.41, 5.74) is 2.19. The Morgan fingerprint density at radius 2 is 1.65 bits per heavy atom. The Morgan fingerprint density at radius 3 is 2.13 bits per heavy atom. The molecule has 1 N–H and O–H groups in total. The standard InChI is InChI=1S/C17H23N3O2S/c1-4-14-7-9-15(10-8-14)19-17-12-11-16(13-18-17)23(21,22)20(5-2)6-3/h7-13H,4-6H2,1-3H3,(H,18,19). The van der Waals surface area contributed by atoms with E-state index in [-0.39, 0.29) is 4.90 Å². The van der Waals surface area contributed by atoms with Gasteiger partial charge in [0.15, 0.2) is 0 Å². The fourth-order valence-corrected chi connectivity index (χ4v) is 3.69. The number of nitrogens with zero attached hydrogens (tertiary/aromatic N) is 2. The highest BCUT2D eigenvalue weighted by molar-refractivity contribution is 7.89. The van der Waals surface area contributed by atoms with Crippen LogP contribution in [0.3, 0.4) is 0 Å². The van der Waals surface area contributed by atoms with Crippen LogP contribution in [-0.4, -0.2) is 30.8 Å². The highest BCUT2D eigenvalue weighted by Gasteiger charge is 2.21. The number of aryl methyl sites for hydroxylation is 1. The first-order valence-corrected chi connectivity index (χ1v) is 9.27. The van der Waals surface area contributed by atoms with Gasteiger partial charge < -0.3 is 5.32 Å². The SMILES string of the molecule is CCc1ccc(Nc2ccc(S(=O)(=O)N(CC)CC)cn2)cc1. The highest BCUT2D eigenvalue weighted by Crippen LogP contribution is 2.19. The summed E-state index contributed by atoms with van der Waals surface area (Å²) in [4.78, 5) is 4.43. The third-order valence-corrected chi connectivity index (χ3v) is 5.75. The quantitative estimate of drug-likeness (QED) is 0.843. The van der Waals surface area contributed by atoms with Crippen LogP contribution in [0.15, 0.2) is 47.5 Å². The zero-order chi connectivity index (χ0) is 16.9. The van der Waals surface area contributed by atoms with Crippen molar-refractivity contribution in [3.05, 3.63) is 48.2 Å². The Balaban J connectivity index is 2.15. The number of benzene rings is 1. The molecule has 0 amide bonds. The van der Waals surface area contributed by atoms with Gasteiger partial charge in [-0.05, 0) is 36.2 Å². The van der Waals surface area contributed by atoms with Crippen molar-refractivity contribution >= 4 is 21.5 Å². The van der Waals surface area contributed by atoms with E-state index in [1.165, 1.54) is 16.1 Å². The molecule has 0 bridgehead atoms. The highest BCUT2D eigenvalue weighted by atomic mass is 32.2. The Kier molecular flexibility index (Phi) is 5.74. The Labute approximate surface area is 138 Å². The minimum Gasteiger partial charge on any atom is -0.340 e. The molecule has 0 atom stereocenters. The number of sulfonamides is 1. The molecule has 1 aromatic heterocycles. The summed E-state index contributed by atoms with van der Waals surface area (Å²) in [5, 5.41) is 3.17. The van der Waals surface area contributed by atoms with Crippen molar-refractivity contribution in [2.45, 2.75) is 32.1 Å². The zero-order valence-electron chi connectivity index (χ0n) is 13.8. The summed E-state index contributed by atoms with van der Waals surface area (Å²) < 4.78 is 26.2. The second-order valence-corrected chi connectivity index (χ2v) is 7.08. The van der Waals surface area contributed by atoms with Gasteiger partial charge in [-0.2, -0.15) is 4.31 Å². The maximum atomic E-state index is 12.4. The van der Waals surface area contributed by atoms with Crippen molar-refractivity contribution in [3.8, 4) is 0 Å². The van der Waals surface area contributed by atoms with Crippen molar-refractivity contribution < 1.29 is 8.42 Å². The molecule has 124 valence electrons. The van der Waals surface area contributed by atoms with E-state index in [1.54, 1.807) is 12.1 Å². The van der Waals surface area contributed by atoms with Gasteiger partial charge in [0.2, 0.25) is 10.0 Å². The summed E-state index contributed by atoms with van der Waals surface area (Å²) in [6.07, 6.45) is 2.40. The molecule has 1 aromatic carbocycles. The first-order chi connectivity index (χ1) is 11.0. The van der Waals surface area contributed by atoms with Gasteiger partial charge in [0.25, 0.3) is 0 Å². The molecule has 0 aliphatic carbocycles. The average Bonchev–Trinajstić information content (AvgIpc) is 2.57. The van der Waals surface area contributed by atoms with E-state index in [2.05, 4.69) is 29.4 Å². The molecule has 0 fully saturated rings. The third-order valence-electron chi connectivity index (χ3n) is 3.71. The van der Waals surface area contributed by atoms with Crippen molar-refractivity contribution in [2.24, 2.45) is 0 Å². The van der Waals surface area contributed by atoms with E-state index in [0.717, 1.165) is 12.1 Å². The minimum atomic E-state index is -3.46. The predicted molar refractivity (Wildman–Crippen MR) is 93.4 cm³/mol. The maximum Gasteiger partial charge on any atom is 0.244 e. The van der Waals surface area contributed by atoms with Crippen LogP contribution in [0.1, 0.15) is 26.3 Å². The van der Waals surface area contributed by atoms with Gasteiger partial charge >= 0.3 is 0 Å². The average molecular weight is 333 g/mol.